The number of hydrogen-bond donors (Lipinski definition) is 1. The van der Waals surface area contributed by atoms with Crippen molar-refractivity contribution >= 4 is 11.7 Å². The lowest BCUT2D eigenvalue weighted by Crippen LogP contribution is -2.28. The minimum Gasteiger partial charge on any atom is -0.381 e. The van der Waals surface area contributed by atoms with Crippen LogP contribution in [0, 0.1) is 5.82 Å². The molecule has 0 saturated heterocycles. The number of anilines is 1. The molecule has 0 atom stereocenters. The Balaban J connectivity index is 2.96. The van der Waals surface area contributed by atoms with E-state index in [1.54, 1.807) is 7.05 Å². The molecule has 1 amide bonds. The summed E-state index contributed by atoms with van der Waals surface area (Å²) in [5, 5.41) is 0. The molecule has 0 aromatic carbocycles. The molecule has 2 N–H and O–H groups in total. The summed E-state index contributed by atoms with van der Waals surface area (Å²) >= 11 is 0. The molecule has 0 aliphatic heterocycles. The molecule has 0 radical (unpaired) electrons. The Bertz CT molecular complexity index is 368. The predicted octanol–water partition coefficient (Wildman–Crippen LogP) is 1.28. The van der Waals surface area contributed by atoms with E-state index in [0.717, 1.165) is 6.42 Å². The molecule has 4 nitrogen and oxygen atoms in total. The first-order chi connectivity index (χ1) is 7.07. The van der Waals surface area contributed by atoms with Gasteiger partial charge in [0.15, 0.2) is 11.6 Å². The monoisotopic (exact) mass is 211 g/mol. The Hall–Kier alpha value is -1.65. The molecule has 15 heavy (non-hydrogen) atoms. The van der Waals surface area contributed by atoms with Crippen LogP contribution in [0.4, 0.5) is 10.2 Å². The third-order valence-electron chi connectivity index (χ3n) is 2.05. The van der Waals surface area contributed by atoms with Gasteiger partial charge in [-0.05, 0) is 12.5 Å². The van der Waals surface area contributed by atoms with Crippen molar-refractivity contribution in [3.8, 4) is 0 Å². The Kier molecular flexibility index (Phi) is 3.60. The van der Waals surface area contributed by atoms with E-state index in [0.29, 0.717) is 6.54 Å². The van der Waals surface area contributed by atoms with E-state index in [9.17, 15) is 9.18 Å². The van der Waals surface area contributed by atoms with Gasteiger partial charge in [-0.15, -0.1) is 0 Å². The summed E-state index contributed by atoms with van der Waals surface area (Å²) < 4.78 is 13.4. The van der Waals surface area contributed by atoms with Crippen molar-refractivity contribution in [2.24, 2.45) is 0 Å². The van der Waals surface area contributed by atoms with Gasteiger partial charge in [0.1, 0.15) is 0 Å². The van der Waals surface area contributed by atoms with Crippen molar-refractivity contribution in [1.29, 1.82) is 0 Å². The Morgan fingerprint density at radius 1 is 1.67 bits per heavy atom. The molecule has 0 aliphatic rings. The molecule has 0 fully saturated rings. The number of nitrogens with zero attached hydrogens (tertiary/aromatic N) is 2. The van der Waals surface area contributed by atoms with E-state index in [-0.39, 0.29) is 17.3 Å². The standard InChI is InChI=1S/C10H14FN3O/c1-3-6-14(2)10(15)7-4-5-13-9(12)8(7)11/h4-5H,3,6H2,1-2H3,(H2,12,13). The number of pyridine rings is 1. The average molecular weight is 211 g/mol. The summed E-state index contributed by atoms with van der Waals surface area (Å²) in [5.41, 5.74) is 5.25. The lowest BCUT2D eigenvalue weighted by Gasteiger charge is -2.16. The maximum absolute atomic E-state index is 13.4. The fourth-order valence-corrected chi connectivity index (χ4v) is 1.27. The normalized spacial score (nSPS) is 10.1. The topological polar surface area (TPSA) is 59.2 Å². The van der Waals surface area contributed by atoms with Crippen LogP contribution in [0.15, 0.2) is 12.3 Å². The quantitative estimate of drug-likeness (QED) is 0.819. The molecular formula is C10H14FN3O. The van der Waals surface area contributed by atoms with Gasteiger partial charge in [0.2, 0.25) is 0 Å². The number of hydrogen-bond acceptors (Lipinski definition) is 3. The first-order valence-electron chi connectivity index (χ1n) is 4.73. The Morgan fingerprint density at radius 3 is 2.93 bits per heavy atom. The van der Waals surface area contributed by atoms with Crippen LogP contribution >= 0.6 is 0 Å². The van der Waals surface area contributed by atoms with Crippen LogP contribution in [0.3, 0.4) is 0 Å². The van der Waals surface area contributed by atoms with Gasteiger partial charge in [0, 0.05) is 19.8 Å². The summed E-state index contributed by atoms with van der Waals surface area (Å²) in [6, 6.07) is 1.33. The van der Waals surface area contributed by atoms with E-state index >= 15 is 0 Å². The maximum Gasteiger partial charge on any atom is 0.256 e. The number of carbonyl (C=O) groups excluding carboxylic acids is 1. The number of rotatable bonds is 3. The molecule has 82 valence electrons. The van der Waals surface area contributed by atoms with Crippen LogP contribution in [0.1, 0.15) is 23.7 Å². The maximum atomic E-state index is 13.4. The number of aromatic nitrogens is 1. The molecule has 0 unspecified atom stereocenters. The predicted molar refractivity (Wildman–Crippen MR) is 55.9 cm³/mol. The average Bonchev–Trinajstić information content (AvgIpc) is 2.21. The van der Waals surface area contributed by atoms with Gasteiger partial charge in [-0.3, -0.25) is 4.79 Å². The van der Waals surface area contributed by atoms with Gasteiger partial charge >= 0.3 is 0 Å². The largest absolute Gasteiger partial charge is 0.381 e. The van der Waals surface area contributed by atoms with Crippen LogP contribution in [-0.4, -0.2) is 29.4 Å². The molecule has 0 spiro atoms. The summed E-state index contributed by atoms with van der Waals surface area (Å²) in [6.07, 6.45) is 2.15. The van der Waals surface area contributed by atoms with Crippen molar-refractivity contribution in [3.05, 3.63) is 23.6 Å². The number of amides is 1. The molecule has 5 heteroatoms. The number of nitrogen functional groups attached to an aromatic ring is 1. The van der Waals surface area contributed by atoms with Gasteiger partial charge in [-0.1, -0.05) is 6.92 Å². The third-order valence-corrected chi connectivity index (χ3v) is 2.05. The van der Waals surface area contributed by atoms with Gasteiger partial charge < -0.3 is 10.6 Å². The first-order valence-corrected chi connectivity index (χ1v) is 4.73. The van der Waals surface area contributed by atoms with Crippen molar-refractivity contribution in [1.82, 2.24) is 9.88 Å². The highest BCUT2D eigenvalue weighted by atomic mass is 19.1. The van der Waals surface area contributed by atoms with E-state index in [4.69, 9.17) is 5.73 Å². The molecule has 1 aromatic rings. The minimum atomic E-state index is -0.745. The van der Waals surface area contributed by atoms with E-state index < -0.39 is 5.82 Å². The second kappa shape index (κ2) is 4.72. The van der Waals surface area contributed by atoms with Crippen LogP contribution in [0.5, 0.6) is 0 Å². The van der Waals surface area contributed by atoms with E-state index in [1.807, 2.05) is 6.92 Å². The van der Waals surface area contributed by atoms with Crippen molar-refractivity contribution in [3.63, 3.8) is 0 Å². The Labute approximate surface area is 87.9 Å². The number of nitrogens with two attached hydrogens (primary N) is 1. The molecule has 1 rings (SSSR count). The second-order valence-corrected chi connectivity index (χ2v) is 3.28. The van der Waals surface area contributed by atoms with Gasteiger partial charge in [0.25, 0.3) is 5.91 Å². The SMILES string of the molecule is CCCN(C)C(=O)c1ccnc(N)c1F. The highest BCUT2D eigenvalue weighted by Crippen LogP contribution is 2.13. The summed E-state index contributed by atoms with van der Waals surface area (Å²) in [7, 11) is 1.63. The van der Waals surface area contributed by atoms with Crippen LogP contribution in [-0.2, 0) is 0 Å². The highest BCUT2D eigenvalue weighted by Gasteiger charge is 2.17. The lowest BCUT2D eigenvalue weighted by molar-refractivity contribution is 0.0790. The van der Waals surface area contributed by atoms with E-state index in [2.05, 4.69) is 4.98 Å². The van der Waals surface area contributed by atoms with Crippen molar-refractivity contribution in [2.45, 2.75) is 13.3 Å². The highest BCUT2D eigenvalue weighted by molar-refractivity contribution is 5.94. The van der Waals surface area contributed by atoms with Crippen LogP contribution < -0.4 is 5.73 Å². The zero-order valence-corrected chi connectivity index (χ0v) is 8.83. The summed E-state index contributed by atoms with van der Waals surface area (Å²) in [5.74, 6) is -1.36. The van der Waals surface area contributed by atoms with Gasteiger partial charge in [-0.2, -0.15) is 0 Å². The van der Waals surface area contributed by atoms with Crippen molar-refractivity contribution in [2.75, 3.05) is 19.3 Å². The molecular weight excluding hydrogens is 197 g/mol. The number of carbonyl (C=O) groups is 1. The first kappa shape index (κ1) is 11.4. The minimum absolute atomic E-state index is 0.0292. The van der Waals surface area contributed by atoms with Crippen LogP contribution in [0.2, 0.25) is 0 Å². The third kappa shape index (κ3) is 2.43. The summed E-state index contributed by atoms with van der Waals surface area (Å²) in [6.45, 7) is 2.53. The fraction of sp³-hybridized carbons (Fsp3) is 0.400. The van der Waals surface area contributed by atoms with Crippen LogP contribution in [0.25, 0.3) is 0 Å². The Morgan fingerprint density at radius 2 is 2.33 bits per heavy atom. The van der Waals surface area contributed by atoms with Crippen molar-refractivity contribution < 1.29 is 9.18 Å². The lowest BCUT2D eigenvalue weighted by atomic mass is 10.2. The molecule has 0 saturated carbocycles. The zero-order valence-electron chi connectivity index (χ0n) is 8.83. The molecule has 0 bridgehead atoms. The van der Waals surface area contributed by atoms with Gasteiger partial charge in [-0.25, -0.2) is 9.37 Å². The smallest absolute Gasteiger partial charge is 0.256 e. The second-order valence-electron chi connectivity index (χ2n) is 3.28. The fourth-order valence-electron chi connectivity index (χ4n) is 1.27. The molecule has 1 aromatic heterocycles. The van der Waals surface area contributed by atoms with E-state index in [1.165, 1.54) is 17.2 Å². The zero-order chi connectivity index (χ0) is 11.4. The summed E-state index contributed by atoms with van der Waals surface area (Å²) in [4.78, 5) is 16.7. The number of halogens is 1. The van der Waals surface area contributed by atoms with Gasteiger partial charge in [0.05, 0.1) is 5.56 Å². The molecule has 1 heterocycles. The molecule has 0 aliphatic carbocycles.